The number of carbonyl (C=O) groups is 1. The Morgan fingerprint density at radius 2 is 1.43 bits per heavy atom. The van der Waals surface area contributed by atoms with E-state index in [0.717, 1.165) is 24.2 Å². The predicted octanol–water partition coefficient (Wildman–Crippen LogP) is 4.33. The molecule has 3 heteroatoms. The molecule has 1 aliphatic carbocycles. The van der Waals surface area contributed by atoms with Gasteiger partial charge >= 0.3 is 0 Å². The minimum Gasteiger partial charge on any atom is -0.298 e. The van der Waals surface area contributed by atoms with Gasteiger partial charge in [-0.05, 0) is 43.0 Å². The first-order valence-corrected chi connectivity index (χ1v) is 8.37. The highest BCUT2D eigenvalue weighted by molar-refractivity contribution is 5.89. The van der Waals surface area contributed by atoms with E-state index < -0.39 is 0 Å². The summed E-state index contributed by atoms with van der Waals surface area (Å²) in [5.74, 6) is 0.939. The van der Waals surface area contributed by atoms with Crippen LogP contribution >= 0.6 is 0 Å². The predicted molar refractivity (Wildman–Crippen MR) is 94.5 cm³/mol. The summed E-state index contributed by atoms with van der Waals surface area (Å²) in [5, 5.41) is 2.03. The second-order valence-corrected chi connectivity index (χ2v) is 6.52. The number of hydrogen-bond donors (Lipinski definition) is 1. The van der Waals surface area contributed by atoms with Gasteiger partial charge in [-0.1, -0.05) is 50.2 Å². The summed E-state index contributed by atoms with van der Waals surface area (Å²) in [6.45, 7) is 4.27. The molecule has 0 unspecified atom stereocenters. The third-order valence-electron chi connectivity index (χ3n) is 4.59. The van der Waals surface area contributed by atoms with Crippen LogP contribution in [0, 0.1) is 11.8 Å². The van der Waals surface area contributed by atoms with Gasteiger partial charge in [0.15, 0.2) is 5.78 Å². The third kappa shape index (κ3) is 3.45. The fourth-order valence-corrected chi connectivity index (χ4v) is 3.29. The summed E-state index contributed by atoms with van der Waals surface area (Å²) in [6.07, 6.45) is 1.88. The zero-order valence-electron chi connectivity index (χ0n) is 13.8. The first kappa shape index (κ1) is 15.8. The molecular weight excluding hydrogens is 284 g/mol. The number of Topliss-reactive ketones (excluding diaryl/α,β-unsaturated/α-hetero) is 1. The Morgan fingerprint density at radius 3 is 1.87 bits per heavy atom. The molecule has 0 radical (unpaired) electrons. The molecule has 23 heavy (non-hydrogen) atoms. The maximum atomic E-state index is 12.7. The molecule has 0 spiro atoms. The molecule has 3 rings (SSSR count). The summed E-state index contributed by atoms with van der Waals surface area (Å²) in [7, 11) is 0. The summed E-state index contributed by atoms with van der Waals surface area (Å²) >= 11 is 0. The van der Waals surface area contributed by atoms with E-state index in [1.165, 1.54) is 0 Å². The van der Waals surface area contributed by atoms with Crippen LogP contribution in [-0.4, -0.2) is 11.8 Å². The van der Waals surface area contributed by atoms with Gasteiger partial charge in [-0.25, -0.2) is 5.43 Å². The molecule has 1 aliphatic rings. The van der Waals surface area contributed by atoms with Crippen LogP contribution in [0.4, 0.5) is 11.4 Å². The maximum absolute atomic E-state index is 12.7. The van der Waals surface area contributed by atoms with Crippen molar-refractivity contribution in [3.63, 3.8) is 0 Å². The van der Waals surface area contributed by atoms with Gasteiger partial charge in [-0.3, -0.25) is 9.80 Å². The highest BCUT2D eigenvalue weighted by Crippen LogP contribution is 2.30. The van der Waals surface area contributed by atoms with E-state index in [1.54, 1.807) is 0 Å². The molecule has 0 saturated heterocycles. The maximum Gasteiger partial charge on any atom is 0.154 e. The Morgan fingerprint density at radius 1 is 0.913 bits per heavy atom. The van der Waals surface area contributed by atoms with Crippen LogP contribution in [0.5, 0.6) is 0 Å². The third-order valence-corrected chi connectivity index (χ3v) is 4.59. The van der Waals surface area contributed by atoms with Crippen molar-refractivity contribution in [2.24, 2.45) is 11.8 Å². The number of benzene rings is 2. The zero-order valence-corrected chi connectivity index (χ0v) is 13.8. The van der Waals surface area contributed by atoms with Gasteiger partial charge in [0.1, 0.15) is 0 Å². The number of nitrogens with zero attached hydrogens (tertiary/aromatic N) is 1. The monoisotopic (exact) mass is 308 g/mol. The van der Waals surface area contributed by atoms with Gasteiger partial charge in [0.2, 0.25) is 0 Å². The van der Waals surface area contributed by atoms with Crippen LogP contribution < -0.4 is 10.4 Å². The van der Waals surface area contributed by atoms with Gasteiger partial charge in [0, 0.05) is 5.92 Å². The standard InChI is InChI=1S/C20H24N2O/c1-15(2)18-13-14-19(20(18)23)21-22(16-9-5-3-6-10-16)17-11-7-4-8-12-17/h3-12,15,18-19,21H,13-14H2,1-2H3/t18-,19-/m1/s1. The van der Waals surface area contributed by atoms with Crippen molar-refractivity contribution < 1.29 is 4.79 Å². The number of hydrogen-bond acceptors (Lipinski definition) is 3. The van der Waals surface area contributed by atoms with Crippen LogP contribution in [0.15, 0.2) is 60.7 Å². The van der Waals surface area contributed by atoms with Crippen LogP contribution in [0.3, 0.4) is 0 Å². The molecule has 0 amide bonds. The number of nitrogens with one attached hydrogen (secondary N) is 1. The van der Waals surface area contributed by atoms with Crippen molar-refractivity contribution in [1.29, 1.82) is 0 Å². The van der Waals surface area contributed by atoms with E-state index in [9.17, 15) is 4.79 Å². The first-order chi connectivity index (χ1) is 11.2. The number of ketones is 1. The lowest BCUT2D eigenvalue weighted by atomic mass is 9.93. The Bertz CT molecular complexity index is 600. The van der Waals surface area contributed by atoms with Crippen LogP contribution in [0.1, 0.15) is 26.7 Å². The fraction of sp³-hybridized carbons (Fsp3) is 0.350. The van der Waals surface area contributed by atoms with Crippen LogP contribution in [0.2, 0.25) is 0 Å². The van der Waals surface area contributed by atoms with Gasteiger partial charge < -0.3 is 0 Å². The smallest absolute Gasteiger partial charge is 0.154 e. The van der Waals surface area contributed by atoms with Gasteiger partial charge in [-0.2, -0.15) is 0 Å². The lowest BCUT2D eigenvalue weighted by molar-refractivity contribution is -0.123. The van der Waals surface area contributed by atoms with Crippen molar-refractivity contribution in [3.05, 3.63) is 60.7 Å². The quantitative estimate of drug-likeness (QED) is 0.834. The SMILES string of the molecule is CC(C)[C@H]1CC[C@@H](NN(c2ccccc2)c2ccccc2)C1=O. The van der Waals surface area contributed by atoms with Crippen molar-refractivity contribution >= 4 is 17.2 Å². The molecule has 2 atom stereocenters. The molecule has 120 valence electrons. The summed E-state index contributed by atoms with van der Waals surface area (Å²) in [5.41, 5.74) is 5.55. The topological polar surface area (TPSA) is 32.3 Å². The Balaban J connectivity index is 1.85. The lowest BCUT2D eigenvalue weighted by Gasteiger charge is -2.29. The van der Waals surface area contributed by atoms with E-state index >= 15 is 0 Å². The molecule has 1 fully saturated rings. The van der Waals surface area contributed by atoms with Crippen molar-refractivity contribution in [3.8, 4) is 0 Å². The van der Waals surface area contributed by atoms with E-state index in [0.29, 0.717) is 11.7 Å². The van der Waals surface area contributed by atoms with Gasteiger partial charge in [-0.15, -0.1) is 0 Å². The second-order valence-electron chi connectivity index (χ2n) is 6.52. The molecule has 0 heterocycles. The second kappa shape index (κ2) is 6.97. The molecule has 0 aliphatic heterocycles. The van der Waals surface area contributed by atoms with Crippen molar-refractivity contribution in [1.82, 2.24) is 5.43 Å². The highest BCUT2D eigenvalue weighted by Gasteiger charge is 2.36. The Kier molecular flexibility index (Phi) is 4.77. The van der Waals surface area contributed by atoms with E-state index in [2.05, 4.69) is 43.5 Å². The molecule has 1 saturated carbocycles. The van der Waals surface area contributed by atoms with Crippen molar-refractivity contribution in [2.75, 3.05) is 5.01 Å². The molecule has 0 aromatic heterocycles. The number of para-hydroxylation sites is 2. The van der Waals surface area contributed by atoms with Gasteiger partial charge in [0.05, 0.1) is 17.4 Å². The van der Waals surface area contributed by atoms with Crippen molar-refractivity contribution in [2.45, 2.75) is 32.7 Å². The highest BCUT2D eigenvalue weighted by atomic mass is 16.1. The minimum absolute atomic E-state index is 0.109. The molecule has 3 nitrogen and oxygen atoms in total. The van der Waals surface area contributed by atoms with Gasteiger partial charge in [0.25, 0.3) is 0 Å². The number of rotatable bonds is 5. The average molecular weight is 308 g/mol. The van der Waals surface area contributed by atoms with Crippen LogP contribution in [-0.2, 0) is 4.79 Å². The first-order valence-electron chi connectivity index (χ1n) is 8.37. The molecule has 2 aromatic rings. The molecule has 0 bridgehead atoms. The fourth-order valence-electron chi connectivity index (χ4n) is 3.29. The normalized spacial score (nSPS) is 20.9. The van der Waals surface area contributed by atoms with Crippen LogP contribution in [0.25, 0.3) is 0 Å². The zero-order chi connectivity index (χ0) is 16.2. The largest absolute Gasteiger partial charge is 0.298 e. The Labute approximate surface area is 138 Å². The summed E-state index contributed by atoms with van der Waals surface area (Å²) in [4.78, 5) is 12.7. The van der Waals surface area contributed by atoms with E-state index in [4.69, 9.17) is 0 Å². The average Bonchev–Trinajstić information content (AvgIpc) is 2.95. The van der Waals surface area contributed by atoms with E-state index in [-0.39, 0.29) is 12.0 Å². The molecule has 2 aromatic carbocycles. The number of anilines is 2. The number of carbonyl (C=O) groups excluding carboxylic acids is 1. The lowest BCUT2D eigenvalue weighted by Crippen LogP contribution is -2.45. The number of hydrazine groups is 1. The molecular formula is C20H24N2O. The molecule has 1 N–H and O–H groups in total. The van der Waals surface area contributed by atoms with E-state index in [1.807, 2.05) is 41.4 Å². The summed E-state index contributed by atoms with van der Waals surface area (Å²) < 4.78 is 0. The summed E-state index contributed by atoms with van der Waals surface area (Å²) in [6, 6.07) is 20.2. The Hall–Kier alpha value is -2.13. The minimum atomic E-state index is -0.109.